The molecule has 8 nitrogen and oxygen atoms in total. The van der Waals surface area contributed by atoms with Gasteiger partial charge in [0.2, 0.25) is 0 Å². The van der Waals surface area contributed by atoms with Crippen LogP contribution in [0.4, 0.5) is 4.79 Å². The fraction of sp³-hybridized carbons (Fsp3) is 0.471. The number of aryl methyl sites for hydroxylation is 1. The number of aromatic nitrogens is 2. The van der Waals surface area contributed by atoms with Crippen molar-refractivity contribution in [2.24, 2.45) is 5.92 Å². The molecule has 226 valence electrons. The van der Waals surface area contributed by atoms with Gasteiger partial charge in [-0.2, -0.15) is 0 Å². The number of ether oxygens (including phenoxy) is 2. The highest BCUT2D eigenvalue weighted by atomic mass is 16.7. The van der Waals surface area contributed by atoms with Gasteiger partial charge >= 0.3 is 13.2 Å². The van der Waals surface area contributed by atoms with E-state index in [1.807, 2.05) is 20.8 Å². The topological polar surface area (TPSA) is 94.7 Å². The van der Waals surface area contributed by atoms with Gasteiger partial charge in [-0.25, -0.2) is 9.78 Å². The van der Waals surface area contributed by atoms with Crippen molar-refractivity contribution in [2.75, 3.05) is 6.54 Å². The molecule has 1 amide bonds. The molecule has 1 saturated heterocycles. The quantitative estimate of drug-likeness (QED) is 0.246. The highest BCUT2D eigenvalue weighted by Crippen LogP contribution is 2.42. The summed E-state index contributed by atoms with van der Waals surface area (Å²) in [6.45, 7) is 17.0. The number of fused-ring (bicyclic) bond motifs is 6. The van der Waals surface area contributed by atoms with Gasteiger partial charge in [-0.15, -0.1) is 0 Å². The first kappa shape index (κ1) is 29.5. The van der Waals surface area contributed by atoms with Gasteiger partial charge in [0.1, 0.15) is 23.8 Å². The van der Waals surface area contributed by atoms with E-state index in [2.05, 4.69) is 87.4 Å². The number of rotatable bonds is 6. The number of carbonyl (C=O) groups excluding carboxylic acids is 1. The third-order valence-electron chi connectivity index (χ3n) is 8.81. The molecule has 9 heteroatoms. The first-order valence-corrected chi connectivity index (χ1v) is 15.2. The van der Waals surface area contributed by atoms with E-state index in [0.717, 1.165) is 62.8 Å². The summed E-state index contributed by atoms with van der Waals surface area (Å²) < 4.78 is 24.2. The smallest absolute Gasteiger partial charge is 0.488 e. The molecule has 3 heterocycles. The lowest BCUT2D eigenvalue weighted by Crippen LogP contribution is -2.41. The van der Waals surface area contributed by atoms with Gasteiger partial charge in [0.15, 0.2) is 0 Å². The maximum atomic E-state index is 12.0. The van der Waals surface area contributed by atoms with Crippen LogP contribution in [0, 0.1) is 5.92 Å². The predicted octanol–water partition coefficient (Wildman–Crippen LogP) is 6.67. The highest BCUT2D eigenvalue weighted by Gasteiger charge is 2.51. The van der Waals surface area contributed by atoms with E-state index in [4.69, 9.17) is 23.8 Å². The molecule has 43 heavy (non-hydrogen) atoms. The van der Waals surface area contributed by atoms with Gasteiger partial charge in [0.05, 0.1) is 22.2 Å². The molecule has 3 aromatic carbocycles. The molecule has 0 bridgehead atoms. The first-order chi connectivity index (χ1) is 20.2. The van der Waals surface area contributed by atoms with Crippen molar-refractivity contribution in [1.82, 2.24) is 15.3 Å². The summed E-state index contributed by atoms with van der Waals surface area (Å²) in [6, 6.07) is 15.0. The normalized spacial score (nSPS) is 17.8. The molecule has 2 aliphatic rings. The van der Waals surface area contributed by atoms with Crippen LogP contribution in [0.5, 0.6) is 5.75 Å². The SMILES string of the molecule is CC(CCc1nc2c(ccc3cc4c(cc32)OCc2cc(B3OC(C)(C)C(C)(C)O3)ccc2-4)[nH]1)CNC(=O)OC(C)(C)C. The molecule has 1 aromatic heterocycles. The summed E-state index contributed by atoms with van der Waals surface area (Å²) in [5.41, 5.74) is 5.05. The number of alkyl carbamates (subject to hydrolysis) is 1. The van der Waals surface area contributed by atoms with E-state index in [1.54, 1.807) is 0 Å². The van der Waals surface area contributed by atoms with Crippen molar-refractivity contribution in [3.63, 3.8) is 0 Å². The van der Waals surface area contributed by atoms with E-state index >= 15 is 0 Å². The van der Waals surface area contributed by atoms with Crippen molar-refractivity contribution in [3.05, 3.63) is 53.9 Å². The lowest BCUT2D eigenvalue weighted by Gasteiger charge is -2.32. The van der Waals surface area contributed by atoms with E-state index in [-0.39, 0.29) is 23.2 Å². The summed E-state index contributed by atoms with van der Waals surface area (Å²) >= 11 is 0. The van der Waals surface area contributed by atoms with Gasteiger partial charge in [-0.1, -0.05) is 31.2 Å². The third-order valence-corrected chi connectivity index (χ3v) is 8.81. The minimum absolute atomic E-state index is 0.281. The summed E-state index contributed by atoms with van der Waals surface area (Å²) in [5.74, 6) is 2.08. The van der Waals surface area contributed by atoms with E-state index in [0.29, 0.717) is 13.2 Å². The molecule has 6 rings (SSSR count). The third kappa shape index (κ3) is 5.85. The second-order valence-corrected chi connectivity index (χ2v) is 14.0. The van der Waals surface area contributed by atoms with E-state index < -0.39 is 12.7 Å². The number of amides is 1. The number of benzene rings is 3. The van der Waals surface area contributed by atoms with Gasteiger partial charge in [-0.3, -0.25) is 0 Å². The Kier molecular flexibility index (Phi) is 7.25. The molecular formula is C34H42BN3O5. The Bertz CT molecular complexity index is 1690. The van der Waals surface area contributed by atoms with Crippen LogP contribution < -0.4 is 15.5 Å². The van der Waals surface area contributed by atoms with Crippen LogP contribution in [-0.2, 0) is 27.1 Å². The zero-order valence-electron chi connectivity index (χ0n) is 26.5. The molecular weight excluding hydrogens is 541 g/mol. The molecule has 1 unspecified atom stereocenters. The summed E-state index contributed by atoms with van der Waals surface area (Å²) in [4.78, 5) is 20.5. The standard InChI is InChI=1S/C34H42BN3O5/c1-20(18-36-31(39)41-32(2,3)4)9-14-29-37-27-13-10-21-16-26-24-12-11-23(35-42-33(5,6)34(7,8)43-35)15-22(24)19-40-28(26)17-25(21)30(27)38-29/h10-13,15-17,20H,9,14,18-19H2,1-8H3,(H,36,39)(H,37,38). The summed E-state index contributed by atoms with van der Waals surface area (Å²) in [5, 5.41) is 5.05. The van der Waals surface area contributed by atoms with Gasteiger partial charge in [0.25, 0.3) is 0 Å². The number of carbonyl (C=O) groups is 1. The van der Waals surface area contributed by atoms with Crippen molar-refractivity contribution in [1.29, 1.82) is 0 Å². The van der Waals surface area contributed by atoms with Crippen LogP contribution in [0.25, 0.3) is 32.9 Å². The zero-order valence-corrected chi connectivity index (χ0v) is 26.5. The Balaban J connectivity index is 1.19. The van der Waals surface area contributed by atoms with Crippen LogP contribution in [0.3, 0.4) is 0 Å². The minimum atomic E-state index is -0.503. The van der Waals surface area contributed by atoms with Gasteiger partial charge < -0.3 is 29.1 Å². The second-order valence-electron chi connectivity index (χ2n) is 14.0. The zero-order chi connectivity index (χ0) is 30.7. The van der Waals surface area contributed by atoms with Crippen LogP contribution in [0.1, 0.15) is 73.2 Å². The molecule has 0 spiro atoms. The van der Waals surface area contributed by atoms with Crippen molar-refractivity contribution in [2.45, 2.75) is 91.6 Å². The Morgan fingerprint density at radius 2 is 1.81 bits per heavy atom. The Morgan fingerprint density at radius 1 is 1.07 bits per heavy atom. The van der Waals surface area contributed by atoms with Crippen molar-refractivity contribution < 1.29 is 23.6 Å². The van der Waals surface area contributed by atoms with Gasteiger partial charge in [-0.05, 0) is 101 Å². The molecule has 0 aliphatic carbocycles. The minimum Gasteiger partial charge on any atom is -0.488 e. The lowest BCUT2D eigenvalue weighted by molar-refractivity contribution is 0.00578. The fourth-order valence-corrected chi connectivity index (χ4v) is 5.66. The summed E-state index contributed by atoms with van der Waals surface area (Å²) in [6.07, 6.45) is 1.29. The molecule has 1 fully saturated rings. The van der Waals surface area contributed by atoms with E-state index in [9.17, 15) is 4.79 Å². The largest absolute Gasteiger partial charge is 0.494 e. The van der Waals surface area contributed by atoms with Crippen LogP contribution in [-0.4, -0.2) is 46.5 Å². The van der Waals surface area contributed by atoms with Crippen LogP contribution in [0.15, 0.2) is 42.5 Å². The van der Waals surface area contributed by atoms with Crippen molar-refractivity contribution >= 4 is 40.5 Å². The maximum Gasteiger partial charge on any atom is 0.494 e. The van der Waals surface area contributed by atoms with Crippen LogP contribution >= 0.6 is 0 Å². The van der Waals surface area contributed by atoms with Gasteiger partial charge in [0, 0.05) is 23.9 Å². The highest BCUT2D eigenvalue weighted by molar-refractivity contribution is 6.62. The summed E-state index contributed by atoms with van der Waals surface area (Å²) in [7, 11) is -0.403. The molecule has 1 atom stereocenters. The molecule has 0 radical (unpaired) electrons. The average molecular weight is 584 g/mol. The number of imidazole rings is 1. The molecule has 2 aliphatic heterocycles. The Hall–Kier alpha value is -3.56. The molecule has 2 N–H and O–H groups in total. The van der Waals surface area contributed by atoms with E-state index in [1.165, 1.54) is 5.56 Å². The number of nitrogens with one attached hydrogen (secondary N) is 2. The monoisotopic (exact) mass is 583 g/mol. The number of hydrogen-bond donors (Lipinski definition) is 2. The second kappa shape index (κ2) is 10.6. The predicted molar refractivity (Wildman–Crippen MR) is 171 cm³/mol. The van der Waals surface area contributed by atoms with Crippen LogP contribution in [0.2, 0.25) is 0 Å². The number of hydrogen-bond acceptors (Lipinski definition) is 6. The molecule has 0 saturated carbocycles. The van der Waals surface area contributed by atoms with Crippen molar-refractivity contribution in [3.8, 4) is 16.9 Å². The Labute approximate surface area is 254 Å². The average Bonchev–Trinajstić information content (AvgIpc) is 3.45. The Morgan fingerprint density at radius 3 is 2.53 bits per heavy atom. The number of nitrogens with zero attached hydrogens (tertiary/aromatic N) is 1. The first-order valence-electron chi connectivity index (χ1n) is 15.2. The number of H-pyrrole nitrogens is 1. The molecule has 4 aromatic rings. The lowest BCUT2D eigenvalue weighted by atomic mass is 9.77. The number of aromatic amines is 1. The fourth-order valence-electron chi connectivity index (χ4n) is 5.66. The maximum absolute atomic E-state index is 12.0.